The van der Waals surface area contributed by atoms with Gasteiger partial charge < -0.3 is 10.1 Å². The van der Waals surface area contributed by atoms with Crippen LogP contribution in [0, 0.1) is 0 Å². The predicted molar refractivity (Wildman–Crippen MR) is 106 cm³/mol. The van der Waals surface area contributed by atoms with Gasteiger partial charge in [0.05, 0.1) is 16.7 Å². The molecule has 0 bridgehead atoms. The fraction of sp³-hybridized carbons (Fsp3) is 0. The lowest BCUT2D eigenvalue weighted by Crippen LogP contribution is -1.88. The second-order valence-corrected chi connectivity index (χ2v) is 6.36. The summed E-state index contributed by atoms with van der Waals surface area (Å²) < 4.78 is 0. The van der Waals surface area contributed by atoms with Crippen LogP contribution in [0.2, 0.25) is 0 Å². The molecule has 2 N–H and O–H groups in total. The van der Waals surface area contributed by atoms with E-state index in [1.54, 1.807) is 12.1 Å². The van der Waals surface area contributed by atoms with E-state index < -0.39 is 0 Å². The Bertz CT molecular complexity index is 1220. The number of phenolic OH excluding ortho intramolecular Hbond substituents is 1. The summed E-state index contributed by atoms with van der Waals surface area (Å²) in [5.74, 6) is 0.255. The summed E-state index contributed by atoms with van der Waals surface area (Å²) in [6.45, 7) is 0. The van der Waals surface area contributed by atoms with Crippen molar-refractivity contribution in [3.8, 4) is 28.1 Å². The van der Waals surface area contributed by atoms with Gasteiger partial charge in [0.1, 0.15) is 5.75 Å². The number of aromatic nitrogens is 2. The number of aromatic amines is 1. The Balaban J connectivity index is 1.87. The molecule has 3 aromatic carbocycles. The highest BCUT2D eigenvalue weighted by atomic mass is 16.3. The summed E-state index contributed by atoms with van der Waals surface area (Å²) in [6, 6.07) is 27.9. The van der Waals surface area contributed by atoms with E-state index in [0.717, 1.165) is 44.3 Å². The highest BCUT2D eigenvalue weighted by Crippen LogP contribution is 2.35. The average Bonchev–Trinajstić information content (AvgIpc) is 3.07. The van der Waals surface area contributed by atoms with Crippen molar-refractivity contribution in [2.45, 2.75) is 0 Å². The van der Waals surface area contributed by atoms with Gasteiger partial charge >= 0.3 is 0 Å². The molecule has 0 radical (unpaired) electrons. The third-order valence-corrected chi connectivity index (χ3v) is 4.71. The van der Waals surface area contributed by atoms with E-state index in [1.165, 1.54) is 0 Å². The van der Waals surface area contributed by atoms with Gasteiger partial charge in [-0.25, -0.2) is 4.98 Å². The summed E-state index contributed by atoms with van der Waals surface area (Å²) in [5, 5.41) is 10.7. The summed E-state index contributed by atoms with van der Waals surface area (Å²) in [4.78, 5) is 8.47. The Morgan fingerprint density at radius 2 is 1.46 bits per heavy atom. The largest absolute Gasteiger partial charge is 0.508 e. The maximum atomic E-state index is 9.59. The van der Waals surface area contributed by atoms with Crippen LogP contribution < -0.4 is 0 Å². The molecule has 26 heavy (non-hydrogen) atoms. The smallest absolute Gasteiger partial charge is 0.115 e. The SMILES string of the molecule is Oc1ccc(-c2cc(-c3ccccc3)c3[nH]c4ccccc4c3n2)cc1. The molecule has 5 aromatic rings. The molecule has 2 aromatic heterocycles. The van der Waals surface area contributed by atoms with E-state index in [2.05, 4.69) is 35.3 Å². The maximum absolute atomic E-state index is 9.59. The molecule has 0 atom stereocenters. The average molecular weight is 336 g/mol. The van der Waals surface area contributed by atoms with Crippen LogP contribution in [0.1, 0.15) is 0 Å². The molecule has 0 spiro atoms. The summed E-state index contributed by atoms with van der Waals surface area (Å²) in [5.41, 5.74) is 7.22. The zero-order valence-corrected chi connectivity index (χ0v) is 14.0. The van der Waals surface area contributed by atoms with Crippen molar-refractivity contribution >= 4 is 21.9 Å². The fourth-order valence-corrected chi connectivity index (χ4v) is 3.43. The third kappa shape index (κ3) is 2.33. The van der Waals surface area contributed by atoms with Crippen LogP contribution in [0.5, 0.6) is 5.75 Å². The topological polar surface area (TPSA) is 48.9 Å². The van der Waals surface area contributed by atoms with E-state index in [9.17, 15) is 5.11 Å². The van der Waals surface area contributed by atoms with Crippen molar-refractivity contribution in [2.75, 3.05) is 0 Å². The minimum atomic E-state index is 0.255. The number of fused-ring (bicyclic) bond motifs is 3. The van der Waals surface area contributed by atoms with Crippen molar-refractivity contribution < 1.29 is 5.11 Å². The predicted octanol–water partition coefficient (Wildman–Crippen LogP) is 5.76. The molecule has 124 valence electrons. The molecule has 0 fully saturated rings. The van der Waals surface area contributed by atoms with Gasteiger partial charge in [0.15, 0.2) is 0 Å². The van der Waals surface area contributed by atoms with Crippen molar-refractivity contribution in [2.24, 2.45) is 0 Å². The molecule has 0 aliphatic rings. The zero-order valence-electron chi connectivity index (χ0n) is 14.0. The van der Waals surface area contributed by atoms with Crippen molar-refractivity contribution in [1.29, 1.82) is 0 Å². The van der Waals surface area contributed by atoms with Crippen LogP contribution in [-0.4, -0.2) is 15.1 Å². The molecule has 0 aliphatic heterocycles. The molecule has 0 unspecified atom stereocenters. The molecule has 0 amide bonds. The molecular formula is C23H16N2O. The number of hydrogen-bond acceptors (Lipinski definition) is 2. The first-order chi connectivity index (χ1) is 12.8. The molecule has 0 aliphatic carbocycles. The van der Waals surface area contributed by atoms with Gasteiger partial charge in [-0.2, -0.15) is 0 Å². The maximum Gasteiger partial charge on any atom is 0.115 e. The van der Waals surface area contributed by atoms with E-state index in [0.29, 0.717) is 0 Å². The second-order valence-electron chi connectivity index (χ2n) is 6.36. The summed E-state index contributed by atoms with van der Waals surface area (Å²) in [6.07, 6.45) is 0. The van der Waals surface area contributed by atoms with Crippen molar-refractivity contribution in [3.05, 3.63) is 84.9 Å². The monoisotopic (exact) mass is 336 g/mol. The van der Waals surface area contributed by atoms with Gasteiger partial charge in [0, 0.05) is 22.0 Å². The molecular weight excluding hydrogens is 320 g/mol. The van der Waals surface area contributed by atoms with Crippen LogP contribution in [-0.2, 0) is 0 Å². The Morgan fingerprint density at radius 3 is 2.27 bits per heavy atom. The Morgan fingerprint density at radius 1 is 0.731 bits per heavy atom. The summed E-state index contributed by atoms with van der Waals surface area (Å²) >= 11 is 0. The molecule has 0 saturated carbocycles. The van der Waals surface area contributed by atoms with Crippen LogP contribution in [0.4, 0.5) is 0 Å². The number of hydrogen-bond donors (Lipinski definition) is 2. The normalized spacial score (nSPS) is 11.2. The number of pyridine rings is 1. The van der Waals surface area contributed by atoms with E-state index in [-0.39, 0.29) is 5.75 Å². The molecule has 3 heteroatoms. The van der Waals surface area contributed by atoms with Crippen LogP contribution in [0.15, 0.2) is 84.9 Å². The number of aromatic hydroxyl groups is 1. The Hall–Kier alpha value is -3.59. The molecule has 2 heterocycles. The Kier molecular flexibility index (Phi) is 3.25. The van der Waals surface area contributed by atoms with Gasteiger partial charge in [-0.05, 0) is 42.0 Å². The molecule has 5 rings (SSSR count). The van der Waals surface area contributed by atoms with Gasteiger partial charge in [0.2, 0.25) is 0 Å². The quantitative estimate of drug-likeness (QED) is 0.431. The number of phenols is 1. The first-order valence-corrected chi connectivity index (χ1v) is 8.56. The van der Waals surface area contributed by atoms with Crippen LogP contribution in [0.25, 0.3) is 44.3 Å². The van der Waals surface area contributed by atoms with Gasteiger partial charge in [-0.3, -0.25) is 0 Å². The van der Waals surface area contributed by atoms with Gasteiger partial charge in [-0.1, -0.05) is 48.5 Å². The highest BCUT2D eigenvalue weighted by Gasteiger charge is 2.14. The number of benzene rings is 3. The number of nitrogens with zero attached hydrogens (tertiary/aromatic N) is 1. The van der Waals surface area contributed by atoms with Crippen molar-refractivity contribution in [3.63, 3.8) is 0 Å². The minimum absolute atomic E-state index is 0.255. The highest BCUT2D eigenvalue weighted by molar-refractivity contribution is 6.10. The number of H-pyrrole nitrogens is 1. The molecule has 0 saturated heterocycles. The van der Waals surface area contributed by atoms with E-state index >= 15 is 0 Å². The second kappa shape index (κ2) is 5.74. The fourth-order valence-electron chi connectivity index (χ4n) is 3.43. The minimum Gasteiger partial charge on any atom is -0.508 e. The first-order valence-electron chi connectivity index (χ1n) is 8.56. The summed E-state index contributed by atoms with van der Waals surface area (Å²) in [7, 11) is 0. The molecule has 3 nitrogen and oxygen atoms in total. The number of rotatable bonds is 2. The first kappa shape index (κ1) is 14.7. The van der Waals surface area contributed by atoms with Gasteiger partial charge in [0.25, 0.3) is 0 Å². The lowest BCUT2D eigenvalue weighted by atomic mass is 10.0. The third-order valence-electron chi connectivity index (χ3n) is 4.71. The van der Waals surface area contributed by atoms with Crippen LogP contribution >= 0.6 is 0 Å². The lowest BCUT2D eigenvalue weighted by Gasteiger charge is -2.08. The Labute approximate surface area is 150 Å². The zero-order chi connectivity index (χ0) is 17.5. The lowest BCUT2D eigenvalue weighted by molar-refractivity contribution is 0.475. The van der Waals surface area contributed by atoms with E-state index in [1.807, 2.05) is 42.5 Å². The number of para-hydroxylation sites is 1. The van der Waals surface area contributed by atoms with Gasteiger partial charge in [-0.15, -0.1) is 0 Å². The van der Waals surface area contributed by atoms with Crippen molar-refractivity contribution in [1.82, 2.24) is 9.97 Å². The number of nitrogens with one attached hydrogen (secondary N) is 1. The van der Waals surface area contributed by atoms with E-state index in [4.69, 9.17) is 4.98 Å². The van der Waals surface area contributed by atoms with Crippen LogP contribution in [0.3, 0.4) is 0 Å². The standard InChI is InChI=1S/C23H16N2O/c26-17-12-10-16(11-13-17)21-14-19(15-6-2-1-3-7-15)23-22(25-21)18-8-4-5-9-20(18)24-23/h1-14,24,26H.